The van der Waals surface area contributed by atoms with E-state index in [0.717, 1.165) is 32.0 Å². The molecule has 0 aromatic carbocycles. The van der Waals surface area contributed by atoms with Gasteiger partial charge in [0, 0.05) is 20.1 Å². The van der Waals surface area contributed by atoms with Crippen LogP contribution in [-0.4, -0.2) is 46.7 Å². The topological polar surface area (TPSA) is 68.7 Å². The maximum absolute atomic E-state index is 5.91. The van der Waals surface area contributed by atoms with E-state index in [-0.39, 0.29) is 24.0 Å². The van der Waals surface area contributed by atoms with Gasteiger partial charge < -0.3 is 19.9 Å². The fraction of sp³-hybridized carbons (Fsp3) is 0.600. The van der Waals surface area contributed by atoms with Gasteiger partial charge in [0.2, 0.25) is 0 Å². The standard InChI is InChI=1S/C10H17N5O.HI/c1-14-8-12-6-9(14)7-13-10(11)15-2-4-16-5-3-15;/h6,8H,2-5,7H2,1H3,(H2,11,13);1H. The molecule has 1 aliphatic heterocycles. The number of morpholine rings is 1. The van der Waals surface area contributed by atoms with Crippen LogP contribution in [0.2, 0.25) is 0 Å². The van der Waals surface area contributed by atoms with Gasteiger partial charge in [-0.1, -0.05) is 0 Å². The molecule has 0 aliphatic carbocycles. The lowest BCUT2D eigenvalue weighted by Crippen LogP contribution is -2.44. The highest BCUT2D eigenvalue weighted by Crippen LogP contribution is 2.01. The zero-order valence-corrected chi connectivity index (χ0v) is 12.2. The summed E-state index contributed by atoms with van der Waals surface area (Å²) in [6.07, 6.45) is 3.56. The first-order valence-corrected chi connectivity index (χ1v) is 5.35. The second-order valence-electron chi connectivity index (χ2n) is 3.77. The van der Waals surface area contributed by atoms with Crippen LogP contribution < -0.4 is 5.73 Å². The molecule has 0 spiro atoms. The number of hydrogen-bond acceptors (Lipinski definition) is 3. The summed E-state index contributed by atoms with van der Waals surface area (Å²) in [7, 11) is 1.95. The molecule has 0 unspecified atom stereocenters. The maximum Gasteiger partial charge on any atom is 0.191 e. The number of aliphatic imine (C=N–C) groups is 1. The van der Waals surface area contributed by atoms with Gasteiger partial charge in [-0.2, -0.15) is 0 Å². The molecule has 0 amide bonds. The molecule has 2 N–H and O–H groups in total. The van der Waals surface area contributed by atoms with E-state index in [9.17, 15) is 0 Å². The number of aryl methyl sites for hydroxylation is 1. The Morgan fingerprint density at radius 3 is 2.82 bits per heavy atom. The Kier molecular flexibility index (Phi) is 5.69. The summed E-state index contributed by atoms with van der Waals surface area (Å²) in [4.78, 5) is 10.4. The molecule has 1 fully saturated rings. The summed E-state index contributed by atoms with van der Waals surface area (Å²) in [5.41, 5.74) is 6.96. The van der Waals surface area contributed by atoms with Crippen LogP contribution in [0.1, 0.15) is 5.69 Å². The highest BCUT2D eigenvalue weighted by Gasteiger charge is 2.11. The normalized spacial score (nSPS) is 16.8. The van der Waals surface area contributed by atoms with Gasteiger partial charge in [0.05, 0.1) is 38.0 Å². The van der Waals surface area contributed by atoms with E-state index in [1.165, 1.54) is 0 Å². The van der Waals surface area contributed by atoms with Crippen LogP contribution >= 0.6 is 24.0 Å². The molecule has 1 aliphatic rings. The molecule has 7 heteroatoms. The van der Waals surface area contributed by atoms with Gasteiger partial charge >= 0.3 is 0 Å². The largest absolute Gasteiger partial charge is 0.378 e. The van der Waals surface area contributed by atoms with Gasteiger partial charge in [-0.15, -0.1) is 24.0 Å². The summed E-state index contributed by atoms with van der Waals surface area (Å²) in [6, 6.07) is 0. The zero-order chi connectivity index (χ0) is 11.4. The minimum absolute atomic E-state index is 0. The lowest BCUT2D eigenvalue weighted by molar-refractivity contribution is 0.0674. The molecule has 0 saturated carbocycles. The van der Waals surface area contributed by atoms with E-state index in [1.807, 2.05) is 16.5 Å². The second kappa shape index (κ2) is 6.80. The average molecular weight is 351 g/mol. The molecule has 2 heterocycles. The molecular weight excluding hydrogens is 333 g/mol. The van der Waals surface area contributed by atoms with Crippen molar-refractivity contribution < 1.29 is 4.74 Å². The minimum Gasteiger partial charge on any atom is -0.378 e. The lowest BCUT2D eigenvalue weighted by atomic mass is 10.4. The van der Waals surface area contributed by atoms with Crippen LogP contribution in [0, 0.1) is 0 Å². The van der Waals surface area contributed by atoms with Crippen molar-refractivity contribution in [1.29, 1.82) is 0 Å². The van der Waals surface area contributed by atoms with E-state index < -0.39 is 0 Å². The van der Waals surface area contributed by atoms with Crippen molar-refractivity contribution in [3.8, 4) is 0 Å². The van der Waals surface area contributed by atoms with Gasteiger partial charge in [-0.05, 0) is 0 Å². The van der Waals surface area contributed by atoms with Crippen molar-refractivity contribution in [2.75, 3.05) is 26.3 Å². The number of guanidine groups is 1. The number of imidazole rings is 1. The summed E-state index contributed by atoms with van der Waals surface area (Å²) >= 11 is 0. The van der Waals surface area contributed by atoms with Crippen LogP contribution in [0.5, 0.6) is 0 Å². The van der Waals surface area contributed by atoms with E-state index in [1.54, 1.807) is 12.5 Å². The SMILES string of the molecule is Cn1cncc1CN=C(N)N1CCOCC1.I. The smallest absolute Gasteiger partial charge is 0.191 e. The van der Waals surface area contributed by atoms with Crippen molar-refractivity contribution in [2.45, 2.75) is 6.54 Å². The van der Waals surface area contributed by atoms with Crippen LogP contribution in [0.15, 0.2) is 17.5 Å². The molecule has 1 aromatic rings. The summed E-state index contributed by atoms with van der Waals surface area (Å²) in [5.74, 6) is 0.588. The van der Waals surface area contributed by atoms with E-state index >= 15 is 0 Å². The zero-order valence-electron chi connectivity index (χ0n) is 9.87. The van der Waals surface area contributed by atoms with Gasteiger partial charge in [-0.25, -0.2) is 9.98 Å². The molecule has 0 radical (unpaired) electrons. The Hall–Kier alpha value is -0.830. The van der Waals surface area contributed by atoms with Crippen molar-refractivity contribution in [2.24, 2.45) is 17.8 Å². The predicted molar refractivity (Wildman–Crippen MR) is 76.3 cm³/mol. The fourth-order valence-corrected chi connectivity index (χ4v) is 1.59. The maximum atomic E-state index is 5.91. The van der Waals surface area contributed by atoms with Gasteiger partial charge in [0.1, 0.15) is 0 Å². The Morgan fingerprint density at radius 2 is 2.24 bits per heavy atom. The molecule has 17 heavy (non-hydrogen) atoms. The quantitative estimate of drug-likeness (QED) is 0.469. The third-order valence-electron chi connectivity index (χ3n) is 2.65. The molecule has 96 valence electrons. The number of hydrogen-bond donors (Lipinski definition) is 1. The van der Waals surface area contributed by atoms with Gasteiger partial charge in [-0.3, -0.25) is 0 Å². The Morgan fingerprint density at radius 1 is 1.53 bits per heavy atom. The number of nitrogens with zero attached hydrogens (tertiary/aromatic N) is 4. The third-order valence-corrected chi connectivity index (χ3v) is 2.65. The Balaban J connectivity index is 0.00000144. The fourth-order valence-electron chi connectivity index (χ4n) is 1.59. The molecule has 1 aromatic heterocycles. The van der Waals surface area contributed by atoms with Crippen molar-refractivity contribution in [1.82, 2.24) is 14.5 Å². The molecule has 0 atom stereocenters. The van der Waals surface area contributed by atoms with Crippen LogP contribution in [0.25, 0.3) is 0 Å². The van der Waals surface area contributed by atoms with E-state index in [4.69, 9.17) is 10.5 Å². The summed E-state index contributed by atoms with van der Waals surface area (Å²) in [5, 5.41) is 0. The Labute approximate surface area is 118 Å². The molecule has 0 bridgehead atoms. The first-order chi connectivity index (χ1) is 7.77. The Bertz CT molecular complexity index is 373. The monoisotopic (exact) mass is 351 g/mol. The second-order valence-corrected chi connectivity index (χ2v) is 3.77. The van der Waals surface area contributed by atoms with Crippen molar-refractivity contribution in [3.05, 3.63) is 18.2 Å². The molecule has 1 saturated heterocycles. The third kappa shape index (κ3) is 3.84. The van der Waals surface area contributed by atoms with Crippen molar-refractivity contribution >= 4 is 29.9 Å². The highest BCUT2D eigenvalue weighted by molar-refractivity contribution is 14.0. The van der Waals surface area contributed by atoms with E-state index in [0.29, 0.717) is 12.5 Å². The van der Waals surface area contributed by atoms with Crippen LogP contribution in [-0.2, 0) is 18.3 Å². The summed E-state index contributed by atoms with van der Waals surface area (Å²) in [6.45, 7) is 3.66. The molecule has 2 rings (SSSR count). The molecular formula is C10H18IN5O. The number of nitrogens with two attached hydrogens (primary N) is 1. The lowest BCUT2D eigenvalue weighted by Gasteiger charge is -2.27. The van der Waals surface area contributed by atoms with Crippen molar-refractivity contribution in [3.63, 3.8) is 0 Å². The first-order valence-electron chi connectivity index (χ1n) is 5.35. The first kappa shape index (κ1) is 14.2. The van der Waals surface area contributed by atoms with Gasteiger partial charge in [0.25, 0.3) is 0 Å². The number of aromatic nitrogens is 2. The van der Waals surface area contributed by atoms with Crippen LogP contribution in [0.3, 0.4) is 0 Å². The molecule has 6 nitrogen and oxygen atoms in total. The average Bonchev–Trinajstić information content (AvgIpc) is 2.73. The number of halogens is 1. The highest BCUT2D eigenvalue weighted by atomic mass is 127. The predicted octanol–water partition coefficient (Wildman–Crippen LogP) is 0.185. The number of rotatable bonds is 2. The minimum atomic E-state index is 0. The summed E-state index contributed by atoms with van der Waals surface area (Å²) < 4.78 is 7.19. The van der Waals surface area contributed by atoms with Crippen LogP contribution in [0.4, 0.5) is 0 Å². The number of ether oxygens (including phenoxy) is 1. The van der Waals surface area contributed by atoms with E-state index in [2.05, 4.69) is 9.98 Å². The van der Waals surface area contributed by atoms with Gasteiger partial charge in [0.15, 0.2) is 5.96 Å².